The van der Waals surface area contributed by atoms with Gasteiger partial charge in [0.05, 0.1) is 7.11 Å². The summed E-state index contributed by atoms with van der Waals surface area (Å²) in [5, 5.41) is 13.0. The molecule has 1 aromatic heterocycles. The first-order chi connectivity index (χ1) is 10.9. The molecule has 1 aromatic rings. The van der Waals surface area contributed by atoms with Gasteiger partial charge in [-0.3, -0.25) is 4.79 Å². The van der Waals surface area contributed by atoms with Gasteiger partial charge >= 0.3 is 12.1 Å². The van der Waals surface area contributed by atoms with E-state index in [1.807, 2.05) is 13.0 Å². The van der Waals surface area contributed by atoms with Crippen molar-refractivity contribution in [2.24, 2.45) is 11.3 Å². The monoisotopic (exact) mass is 323 g/mol. The molecule has 8 nitrogen and oxygen atoms in total. The van der Waals surface area contributed by atoms with Gasteiger partial charge < -0.3 is 24.2 Å². The summed E-state index contributed by atoms with van der Waals surface area (Å²) < 4.78 is 9.99. The average molecular weight is 323 g/mol. The Morgan fingerprint density at radius 1 is 1.43 bits per heavy atom. The molecule has 0 bridgehead atoms. The summed E-state index contributed by atoms with van der Waals surface area (Å²) in [6.45, 7) is 4.77. The van der Waals surface area contributed by atoms with Gasteiger partial charge in [0.2, 0.25) is 0 Å². The minimum absolute atomic E-state index is 0.0929. The van der Waals surface area contributed by atoms with E-state index in [2.05, 4.69) is 14.8 Å². The summed E-state index contributed by atoms with van der Waals surface area (Å²) in [6.07, 6.45) is 0.135. The third kappa shape index (κ3) is 3.11. The van der Waals surface area contributed by atoms with Crippen LogP contribution in [0.4, 0.5) is 10.6 Å². The second kappa shape index (κ2) is 5.75. The molecule has 1 spiro atoms. The van der Waals surface area contributed by atoms with E-state index in [0.29, 0.717) is 25.9 Å². The quantitative estimate of drug-likeness (QED) is 0.814. The van der Waals surface area contributed by atoms with Crippen molar-refractivity contribution in [3.63, 3.8) is 0 Å². The zero-order valence-corrected chi connectivity index (χ0v) is 13.3. The van der Waals surface area contributed by atoms with Crippen molar-refractivity contribution < 1.29 is 24.0 Å². The number of hydrogen-bond donors (Lipinski definition) is 1. The van der Waals surface area contributed by atoms with E-state index in [-0.39, 0.29) is 17.3 Å². The zero-order valence-electron chi connectivity index (χ0n) is 13.3. The van der Waals surface area contributed by atoms with Gasteiger partial charge in [0.15, 0.2) is 5.82 Å². The van der Waals surface area contributed by atoms with Crippen molar-refractivity contribution in [2.75, 3.05) is 38.2 Å². The molecule has 1 N–H and O–H groups in total. The van der Waals surface area contributed by atoms with Crippen molar-refractivity contribution in [3.8, 4) is 0 Å². The van der Waals surface area contributed by atoms with Crippen LogP contribution in [0.1, 0.15) is 19.1 Å². The summed E-state index contributed by atoms with van der Waals surface area (Å²) in [5.74, 6) is 1.43. The fourth-order valence-electron chi connectivity index (χ4n) is 3.35. The molecule has 8 heteroatoms. The lowest BCUT2D eigenvalue weighted by molar-refractivity contribution is -0.141. The predicted octanol–water partition coefficient (Wildman–Crippen LogP) is 1.22. The predicted molar refractivity (Wildman–Crippen MR) is 80.2 cm³/mol. The lowest BCUT2D eigenvalue weighted by Crippen LogP contribution is -2.73. The fraction of sp³-hybridized carbons (Fsp3) is 0.667. The summed E-state index contributed by atoms with van der Waals surface area (Å²) >= 11 is 0. The standard InChI is InChI=1S/C15H21N3O5/c1-10(4-13(19)22-2)3-11-5-12(16-23-11)17-6-15(7-17)8-18(9-15)14(20)21/h5,10H,3-4,6-9H2,1-2H3,(H,20,21)/t10-/m1/s1. The van der Waals surface area contributed by atoms with E-state index in [1.165, 1.54) is 12.0 Å². The van der Waals surface area contributed by atoms with Crippen LogP contribution in [0.5, 0.6) is 0 Å². The van der Waals surface area contributed by atoms with Gasteiger partial charge in [0.1, 0.15) is 5.76 Å². The number of carboxylic acid groups (broad SMARTS) is 1. The lowest BCUT2D eigenvalue weighted by atomic mass is 9.73. The molecule has 0 saturated carbocycles. The average Bonchev–Trinajstić information content (AvgIpc) is 2.82. The second-order valence-electron chi connectivity index (χ2n) is 6.74. The normalized spacial score (nSPS) is 19.9. The maximum absolute atomic E-state index is 11.2. The van der Waals surface area contributed by atoms with Crippen molar-refractivity contribution in [1.82, 2.24) is 10.1 Å². The molecule has 126 valence electrons. The topological polar surface area (TPSA) is 96.1 Å². The third-order valence-electron chi connectivity index (χ3n) is 4.54. The number of ether oxygens (including phenoxy) is 1. The van der Waals surface area contributed by atoms with E-state index in [1.54, 1.807) is 0 Å². The van der Waals surface area contributed by atoms with Crippen LogP contribution in [0.2, 0.25) is 0 Å². The van der Waals surface area contributed by atoms with E-state index in [9.17, 15) is 9.59 Å². The molecule has 0 aliphatic carbocycles. The number of aromatic nitrogens is 1. The molecular weight excluding hydrogens is 302 g/mol. The Morgan fingerprint density at radius 3 is 2.74 bits per heavy atom. The van der Waals surface area contributed by atoms with Gasteiger partial charge in [-0.1, -0.05) is 12.1 Å². The van der Waals surface area contributed by atoms with Crippen LogP contribution < -0.4 is 4.90 Å². The van der Waals surface area contributed by atoms with E-state index in [4.69, 9.17) is 9.63 Å². The Bertz CT molecular complexity index is 600. The number of amides is 1. The largest absolute Gasteiger partial charge is 0.469 e. The highest BCUT2D eigenvalue weighted by molar-refractivity contribution is 5.69. The molecule has 1 atom stereocenters. The van der Waals surface area contributed by atoms with Crippen molar-refractivity contribution in [3.05, 3.63) is 11.8 Å². The zero-order chi connectivity index (χ0) is 16.6. The molecule has 0 aromatic carbocycles. The highest BCUT2D eigenvalue weighted by Crippen LogP contribution is 2.41. The van der Waals surface area contributed by atoms with Crippen LogP contribution in [0.15, 0.2) is 10.6 Å². The summed E-state index contributed by atoms with van der Waals surface area (Å²) in [4.78, 5) is 25.6. The molecule has 0 radical (unpaired) electrons. The molecule has 3 rings (SSSR count). The smallest absolute Gasteiger partial charge is 0.407 e. The molecule has 2 fully saturated rings. The highest BCUT2D eigenvalue weighted by atomic mass is 16.5. The molecular formula is C15H21N3O5. The van der Waals surface area contributed by atoms with Gasteiger partial charge in [-0.15, -0.1) is 0 Å². The number of methoxy groups -OCH3 is 1. The van der Waals surface area contributed by atoms with Crippen LogP contribution in [0.3, 0.4) is 0 Å². The van der Waals surface area contributed by atoms with Gasteiger partial charge in [-0.2, -0.15) is 0 Å². The van der Waals surface area contributed by atoms with E-state index in [0.717, 1.165) is 24.7 Å². The number of hydrogen-bond acceptors (Lipinski definition) is 6. The molecule has 3 heterocycles. The maximum Gasteiger partial charge on any atom is 0.407 e. The Hall–Kier alpha value is -2.25. The molecule has 2 aliphatic rings. The van der Waals surface area contributed by atoms with Crippen LogP contribution >= 0.6 is 0 Å². The summed E-state index contributed by atoms with van der Waals surface area (Å²) in [5.41, 5.74) is 0.0929. The number of nitrogens with zero attached hydrogens (tertiary/aromatic N) is 3. The van der Waals surface area contributed by atoms with Gasteiger partial charge in [0, 0.05) is 50.5 Å². The minimum atomic E-state index is -0.850. The fourth-order valence-corrected chi connectivity index (χ4v) is 3.35. The number of likely N-dealkylation sites (tertiary alicyclic amines) is 1. The molecule has 2 aliphatic heterocycles. The van der Waals surface area contributed by atoms with Crippen LogP contribution in [-0.2, 0) is 16.0 Å². The molecule has 1 amide bonds. The summed E-state index contributed by atoms with van der Waals surface area (Å²) in [6, 6.07) is 1.90. The van der Waals surface area contributed by atoms with Gasteiger partial charge in [-0.25, -0.2) is 4.79 Å². The first-order valence-corrected chi connectivity index (χ1v) is 7.66. The summed E-state index contributed by atoms with van der Waals surface area (Å²) in [7, 11) is 1.38. The second-order valence-corrected chi connectivity index (χ2v) is 6.74. The van der Waals surface area contributed by atoms with Gasteiger partial charge in [0.25, 0.3) is 0 Å². The molecule has 2 saturated heterocycles. The first-order valence-electron chi connectivity index (χ1n) is 7.66. The van der Waals surface area contributed by atoms with Crippen LogP contribution in [0, 0.1) is 11.3 Å². The highest BCUT2D eigenvalue weighted by Gasteiger charge is 2.54. The Morgan fingerprint density at radius 2 is 2.13 bits per heavy atom. The Labute approximate surface area is 134 Å². The van der Waals surface area contributed by atoms with E-state index >= 15 is 0 Å². The number of anilines is 1. The Kier molecular flexibility index (Phi) is 3.91. The number of esters is 1. The number of carbonyl (C=O) groups excluding carboxylic acids is 1. The number of carbonyl (C=O) groups is 2. The minimum Gasteiger partial charge on any atom is -0.469 e. The van der Waals surface area contributed by atoms with Gasteiger partial charge in [-0.05, 0) is 5.92 Å². The van der Waals surface area contributed by atoms with Crippen molar-refractivity contribution >= 4 is 17.9 Å². The SMILES string of the molecule is COC(=O)C[C@H](C)Cc1cc(N2CC3(CN(C(=O)O)C3)C2)no1. The van der Waals surface area contributed by atoms with Crippen LogP contribution in [0.25, 0.3) is 0 Å². The number of rotatable bonds is 5. The van der Waals surface area contributed by atoms with Crippen molar-refractivity contribution in [2.45, 2.75) is 19.8 Å². The molecule has 23 heavy (non-hydrogen) atoms. The van der Waals surface area contributed by atoms with Crippen molar-refractivity contribution in [1.29, 1.82) is 0 Å². The molecule has 0 unspecified atom stereocenters. The van der Waals surface area contributed by atoms with Crippen LogP contribution in [-0.4, -0.2) is 60.5 Å². The van der Waals surface area contributed by atoms with E-state index < -0.39 is 6.09 Å². The Balaban J connectivity index is 1.48. The first kappa shape index (κ1) is 15.6. The maximum atomic E-state index is 11.2. The lowest BCUT2D eigenvalue weighted by Gasteiger charge is -2.59. The third-order valence-corrected chi connectivity index (χ3v) is 4.54.